The maximum atomic E-state index is 13.1. The Balaban J connectivity index is 2.64. The number of aliphatic hydroxyl groups excluding tert-OH is 1. The van der Waals surface area contributed by atoms with Crippen LogP contribution in [0.2, 0.25) is 0 Å². The van der Waals surface area contributed by atoms with Gasteiger partial charge in [-0.25, -0.2) is 9.36 Å². The summed E-state index contributed by atoms with van der Waals surface area (Å²) >= 11 is 0. The molecule has 1 unspecified atom stereocenters. The molecule has 2 bridgehead atoms. The third kappa shape index (κ3) is 10.6. The molecule has 0 saturated heterocycles. The highest BCUT2D eigenvalue weighted by molar-refractivity contribution is 7.47. The first-order chi connectivity index (χ1) is 20.7. The number of carbonyl (C=O) groups is 2. The van der Waals surface area contributed by atoms with Crippen LogP contribution in [-0.2, 0) is 34.5 Å². The number of aliphatic hydroxyl groups is 1. The molecule has 13 nitrogen and oxygen atoms in total. The van der Waals surface area contributed by atoms with Crippen molar-refractivity contribution in [1.82, 2.24) is 0 Å². The predicted octanol–water partition coefficient (Wildman–Crippen LogP) is 4.51. The van der Waals surface area contributed by atoms with E-state index in [0.29, 0.717) is 48.1 Å². The SMILES string of the molecule is COc1c2cc(cc1OP(=O)(O)OC)NC(=O)/C(C)=C/CC[C@H](OC)[C@@H](OC(N)=O)/C(C)=C/[C@H](C)[C@@H](O)[C@@H](OC)C[C@H](C)C2. The lowest BCUT2D eigenvalue weighted by Gasteiger charge is -2.30. The molecule has 1 aromatic carbocycles. The van der Waals surface area contributed by atoms with Crippen LogP contribution in [0.3, 0.4) is 0 Å². The van der Waals surface area contributed by atoms with Crippen LogP contribution in [-0.4, -0.2) is 74.9 Å². The summed E-state index contributed by atoms with van der Waals surface area (Å²) < 4.78 is 44.6. The van der Waals surface area contributed by atoms with Crippen molar-refractivity contribution in [3.8, 4) is 11.5 Å². The molecule has 44 heavy (non-hydrogen) atoms. The van der Waals surface area contributed by atoms with Crippen molar-refractivity contribution in [1.29, 1.82) is 0 Å². The molecule has 1 aromatic rings. The van der Waals surface area contributed by atoms with Crippen LogP contribution in [0, 0.1) is 11.8 Å². The molecule has 1 aliphatic rings. The number of allylic oxidation sites excluding steroid dienone is 1. The normalized spacial score (nSPS) is 29.6. The van der Waals surface area contributed by atoms with E-state index in [1.54, 1.807) is 26.0 Å². The molecular weight excluding hydrogens is 595 g/mol. The molecule has 0 radical (unpaired) electrons. The molecule has 5 N–H and O–H groups in total. The molecule has 1 aliphatic heterocycles. The van der Waals surface area contributed by atoms with E-state index < -0.39 is 50.2 Å². The van der Waals surface area contributed by atoms with Gasteiger partial charge in [0.15, 0.2) is 17.6 Å². The van der Waals surface area contributed by atoms with Crippen LogP contribution in [0.15, 0.2) is 35.4 Å². The van der Waals surface area contributed by atoms with Gasteiger partial charge in [-0.2, -0.15) is 0 Å². The van der Waals surface area contributed by atoms with Gasteiger partial charge >= 0.3 is 13.9 Å². The Kier molecular flexibility index (Phi) is 14.4. The lowest BCUT2D eigenvalue weighted by molar-refractivity contribution is -0.112. The summed E-state index contributed by atoms with van der Waals surface area (Å²) in [6.07, 6.45) is 1.23. The second-order valence-corrected chi connectivity index (χ2v) is 12.5. The third-order valence-electron chi connectivity index (χ3n) is 7.58. The second-order valence-electron chi connectivity index (χ2n) is 11.0. The third-order valence-corrected chi connectivity index (χ3v) is 8.47. The van der Waals surface area contributed by atoms with E-state index in [2.05, 4.69) is 9.84 Å². The Hall–Kier alpha value is -2.93. The average Bonchev–Trinajstić information content (AvgIpc) is 2.95. The van der Waals surface area contributed by atoms with E-state index >= 15 is 0 Å². The fourth-order valence-corrected chi connectivity index (χ4v) is 5.75. The summed E-state index contributed by atoms with van der Waals surface area (Å²) in [5.74, 6) is -0.806. The number of rotatable bonds is 7. The summed E-state index contributed by atoms with van der Waals surface area (Å²) in [7, 11) is 0.974. The number of fused-ring (bicyclic) bond motifs is 2. The number of nitrogens with one attached hydrogen (secondary N) is 1. The fraction of sp³-hybridized carbons (Fsp3) is 0.600. The lowest BCUT2D eigenvalue weighted by atomic mass is 9.88. The zero-order valence-corrected chi connectivity index (χ0v) is 27.6. The number of amides is 2. The predicted molar refractivity (Wildman–Crippen MR) is 165 cm³/mol. The number of nitrogens with two attached hydrogens (primary N) is 1. The van der Waals surface area contributed by atoms with E-state index in [0.717, 1.165) is 7.11 Å². The van der Waals surface area contributed by atoms with Crippen molar-refractivity contribution >= 4 is 25.5 Å². The number of hydrogen-bond acceptors (Lipinski definition) is 10. The maximum Gasteiger partial charge on any atom is 0.527 e. The molecule has 0 spiro atoms. The molecule has 248 valence electrons. The Labute approximate surface area is 259 Å². The quantitative estimate of drug-likeness (QED) is 0.242. The number of phosphoric ester groups is 1. The molecule has 2 amide bonds. The number of phosphoric acid groups is 1. The number of hydrogen-bond donors (Lipinski definition) is 4. The van der Waals surface area contributed by atoms with Gasteiger partial charge in [-0.3, -0.25) is 14.2 Å². The Bertz CT molecular complexity index is 1250. The van der Waals surface area contributed by atoms with Gasteiger partial charge in [0.25, 0.3) is 5.91 Å². The lowest BCUT2D eigenvalue weighted by Crippen LogP contribution is -2.37. The average molecular weight is 643 g/mol. The number of benzene rings is 1. The molecular formula is C30H47N2O11P. The smallest absolute Gasteiger partial charge is 0.493 e. The van der Waals surface area contributed by atoms with Crippen LogP contribution >= 0.6 is 7.82 Å². The summed E-state index contributed by atoms with van der Waals surface area (Å²) in [6.45, 7) is 7.21. The summed E-state index contributed by atoms with van der Waals surface area (Å²) in [4.78, 5) is 35.0. The zero-order valence-electron chi connectivity index (χ0n) is 26.7. The van der Waals surface area contributed by atoms with Gasteiger partial charge in [0.05, 0.1) is 25.4 Å². The molecule has 0 aromatic heterocycles. The molecule has 7 atom stereocenters. The molecule has 14 heteroatoms. The second kappa shape index (κ2) is 17.0. The Morgan fingerprint density at radius 1 is 1.09 bits per heavy atom. The molecule has 0 saturated carbocycles. The molecule has 2 rings (SSSR count). The molecule has 1 heterocycles. The van der Waals surface area contributed by atoms with E-state index in [4.69, 9.17) is 29.2 Å². The highest BCUT2D eigenvalue weighted by Crippen LogP contribution is 2.48. The molecule has 0 fully saturated rings. The van der Waals surface area contributed by atoms with Crippen LogP contribution in [0.4, 0.5) is 10.5 Å². The first-order valence-electron chi connectivity index (χ1n) is 14.3. The van der Waals surface area contributed by atoms with Crippen LogP contribution in [0.1, 0.15) is 52.5 Å². The van der Waals surface area contributed by atoms with Gasteiger partial charge in [-0.1, -0.05) is 26.0 Å². The van der Waals surface area contributed by atoms with Gasteiger partial charge in [0.2, 0.25) is 0 Å². The number of carbonyl (C=O) groups excluding carboxylic acids is 2. The van der Waals surface area contributed by atoms with E-state index in [9.17, 15) is 24.2 Å². The standard InChI is InChI=1S/C30H47N2O11P/c1-17-12-21-15-22(16-25(28(21)40-7)43-44(36,37)41-8)32-29(34)18(2)10-9-11-23(38-5)27(42-30(31)35)20(4)14-19(3)26(33)24(13-17)39-6/h10,14-17,19,23-24,26-27,33H,9,11-13H2,1-8H3,(H2,31,35)(H,32,34)(H,36,37)/b18-10+,20-14+/t17-,19+,23+,24+,26-,27+/m1/s1. The topological polar surface area (TPSA) is 185 Å². The minimum absolute atomic E-state index is 0.0892. The Morgan fingerprint density at radius 3 is 2.32 bits per heavy atom. The van der Waals surface area contributed by atoms with Gasteiger partial charge in [-0.05, 0) is 57.1 Å². The Morgan fingerprint density at radius 2 is 1.75 bits per heavy atom. The van der Waals surface area contributed by atoms with Crippen LogP contribution < -0.4 is 20.3 Å². The van der Waals surface area contributed by atoms with Crippen molar-refractivity contribution in [2.45, 2.75) is 77.8 Å². The monoisotopic (exact) mass is 642 g/mol. The van der Waals surface area contributed by atoms with E-state index in [-0.39, 0.29) is 17.4 Å². The summed E-state index contributed by atoms with van der Waals surface area (Å²) in [5, 5.41) is 14.1. The van der Waals surface area contributed by atoms with E-state index in [1.807, 2.05) is 19.9 Å². The van der Waals surface area contributed by atoms with Crippen molar-refractivity contribution in [2.75, 3.05) is 33.8 Å². The molecule has 0 aliphatic carbocycles. The van der Waals surface area contributed by atoms with Gasteiger partial charge in [0, 0.05) is 50.1 Å². The van der Waals surface area contributed by atoms with Crippen LogP contribution in [0.5, 0.6) is 11.5 Å². The van der Waals surface area contributed by atoms with Crippen molar-refractivity contribution in [3.63, 3.8) is 0 Å². The van der Waals surface area contributed by atoms with Gasteiger partial charge < -0.3 is 39.6 Å². The first-order valence-corrected chi connectivity index (χ1v) is 15.8. The minimum Gasteiger partial charge on any atom is -0.493 e. The van der Waals surface area contributed by atoms with Crippen molar-refractivity contribution < 1.29 is 52.1 Å². The van der Waals surface area contributed by atoms with E-state index in [1.165, 1.54) is 27.4 Å². The fourth-order valence-electron chi connectivity index (χ4n) is 5.29. The number of primary amides is 1. The first kappa shape index (κ1) is 37.3. The highest BCUT2D eigenvalue weighted by atomic mass is 31.2. The van der Waals surface area contributed by atoms with Crippen LogP contribution in [0.25, 0.3) is 0 Å². The van der Waals surface area contributed by atoms with Gasteiger partial charge in [0.1, 0.15) is 0 Å². The number of anilines is 1. The summed E-state index contributed by atoms with van der Waals surface area (Å²) in [6, 6.07) is 3.09. The number of methoxy groups -OCH3 is 3. The van der Waals surface area contributed by atoms with Crippen molar-refractivity contribution in [2.24, 2.45) is 17.6 Å². The van der Waals surface area contributed by atoms with Gasteiger partial charge in [-0.15, -0.1) is 0 Å². The summed E-state index contributed by atoms with van der Waals surface area (Å²) in [5.41, 5.74) is 7.31. The minimum atomic E-state index is -4.47. The number of ether oxygens (including phenoxy) is 4. The zero-order chi connectivity index (χ0) is 33.2. The maximum absolute atomic E-state index is 13.1. The highest BCUT2D eigenvalue weighted by Gasteiger charge is 2.31. The largest absolute Gasteiger partial charge is 0.527 e. The van der Waals surface area contributed by atoms with Crippen molar-refractivity contribution in [3.05, 3.63) is 41.0 Å².